The van der Waals surface area contributed by atoms with Crippen LogP contribution in [0.2, 0.25) is 0 Å². The summed E-state index contributed by atoms with van der Waals surface area (Å²) in [7, 11) is 0. The highest BCUT2D eigenvalue weighted by Crippen LogP contribution is 2.31. The molecule has 1 saturated heterocycles. The molecule has 6 heteroatoms. The SMILES string of the molecule is O=C(Nc1ccc(Oc2cccc3ccccc23)cc1)[C@@H]1CC(=O)N(c2ccc(Br)cc2)C1. The number of rotatable bonds is 5. The van der Waals surface area contributed by atoms with Gasteiger partial charge in [0, 0.05) is 34.2 Å². The Balaban J connectivity index is 1.23. The van der Waals surface area contributed by atoms with Crippen molar-refractivity contribution in [2.24, 2.45) is 5.92 Å². The van der Waals surface area contributed by atoms with Gasteiger partial charge in [-0.3, -0.25) is 9.59 Å². The first-order valence-electron chi connectivity index (χ1n) is 10.7. The Morgan fingerprint density at radius 1 is 0.909 bits per heavy atom. The molecule has 4 aromatic carbocycles. The number of halogens is 1. The number of nitrogens with zero attached hydrogens (tertiary/aromatic N) is 1. The number of nitrogens with one attached hydrogen (secondary N) is 1. The highest BCUT2D eigenvalue weighted by atomic mass is 79.9. The third-order valence-corrected chi connectivity index (χ3v) is 6.26. The quantitative estimate of drug-likeness (QED) is 0.345. The van der Waals surface area contributed by atoms with E-state index < -0.39 is 5.92 Å². The third kappa shape index (κ3) is 4.61. The van der Waals surface area contributed by atoms with Crippen LogP contribution in [0.15, 0.2) is 95.5 Å². The van der Waals surface area contributed by atoms with E-state index >= 15 is 0 Å². The molecule has 0 saturated carbocycles. The van der Waals surface area contributed by atoms with Gasteiger partial charge in [0.15, 0.2) is 0 Å². The zero-order chi connectivity index (χ0) is 22.8. The van der Waals surface area contributed by atoms with E-state index in [-0.39, 0.29) is 18.2 Å². The van der Waals surface area contributed by atoms with Crippen LogP contribution >= 0.6 is 15.9 Å². The molecule has 164 valence electrons. The van der Waals surface area contributed by atoms with Gasteiger partial charge in [-0.05, 0) is 60.0 Å². The largest absolute Gasteiger partial charge is 0.457 e. The number of carbonyl (C=O) groups is 2. The molecule has 0 aromatic heterocycles. The first kappa shape index (κ1) is 21.2. The molecular formula is C27H21BrN2O3. The van der Waals surface area contributed by atoms with Crippen molar-refractivity contribution in [2.75, 3.05) is 16.8 Å². The van der Waals surface area contributed by atoms with E-state index in [0.29, 0.717) is 18.0 Å². The standard InChI is InChI=1S/C27H21BrN2O3/c28-20-8-12-22(13-9-20)30-17-19(16-26(30)31)27(32)29-21-10-14-23(15-11-21)33-25-7-3-5-18-4-1-2-6-24(18)25/h1-15,19H,16-17H2,(H,29,32)/t19-/m1/s1. The molecule has 33 heavy (non-hydrogen) atoms. The van der Waals surface area contributed by atoms with Crippen molar-refractivity contribution in [3.63, 3.8) is 0 Å². The molecule has 0 aliphatic carbocycles. The van der Waals surface area contributed by atoms with Crippen LogP contribution < -0.4 is 15.0 Å². The van der Waals surface area contributed by atoms with Gasteiger partial charge in [-0.2, -0.15) is 0 Å². The molecule has 2 amide bonds. The van der Waals surface area contributed by atoms with Crippen LogP contribution in [0.25, 0.3) is 10.8 Å². The number of anilines is 2. The van der Waals surface area contributed by atoms with Crippen LogP contribution in [0, 0.1) is 5.92 Å². The predicted octanol–water partition coefficient (Wildman–Crippen LogP) is 6.39. The van der Waals surface area contributed by atoms with Gasteiger partial charge in [0.1, 0.15) is 11.5 Å². The molecule has 1 heterocycles. The van der Waals surface area contributed by atoms with E-state index in [1.165, 1.54) is 0 Å². The van der Waals surface area contributed by atoms with Crippen molar-refractivity contribution in [3.05, 3.63) is 95.5 Å². The molecule has 1 N–H and O–H groups in total. The van der Waals surface area contributed by atoms with Gasteiger partial charge in [-0.25, -0.2) is 0 Å². The van der Waals surface area contributed by atoms with Crippen molar-refractivity contribution in [1.29, 1.82) is 0 Å². The van der Waals surface area contributed by atoms with Crippen LogP contribution in [0.1, 0.15) is 6.42 Å². The summed E-state index contributed by atoms with van der Waals surface area (Å²) in [6, 6.07) is 28.8. The molecule has 0 spiro atoms. The van der Waals surface area contributed by atoms with Gasteiger partial charge in [0.2, 0.25) is 11.8 Å². The average molecular weight is 501 g/mol. The van der Waals surface area contributed by atoms with Crippen LogP contribution in [0.3, 0.4) is 0 Å². The van der Waals surface area contributed by atoms with Crippen LogP contribution in [-0.2, 0) is 9.59 Å². The van der Waals surface area contributed by atoms with Gasteiger partial charge in [-0.15, -0.1) is 0 Å². The van der Waals surface area contributed by atoms with E-state index in [2.05, 4.69) is 21.2 Å². The molecule has 5 nitrogen and oxygen atoms in total. The molecule has 4 aromatic rings. The van der Waals surface area contributed by atoms with Crippen LogP contribution in [-0.4, -0.2) is 18.4 Å². The summed E-state index contributed by atoms with van der Waals surface area (Å²) in [4.78, 5) is 26.9. The molecule has 0 unspecified atom stereocenters. The number of hydrogen-bond donors (Lipinski definition) is 1. The van der Waals surface area contributed by atoms with Gasteiger partial charge < -0.3 is 15.0 Å². The maximum absolute atomic E-state index is 12.8. The summed E-state index contributed by atoms with van der Waals surface area (Å²) in [5.41, 5.74) is 1.47. The van der Waals surface area contributed by atoms with Crippen molar-refractivity contribution < 1.29 is 14.3 Å². The maximum atomic E-state index is 12.8. The zero-order valence-corrected chi connectivity index (χ0v) is 19.3. The fourth-order valence-electron chi connectivity index (χ4n) is 4.02. The monoisotopic (exact) mass is 500 g/mol. The summed E-state index contributed by atoms with van der Waals surface area (Å²) in [5.74, 6) is 0.860. The zero-order valence-electron chi connectivity index (χ0n) is 17.7. The Bertz CT molecular complexity index is 1310. The Morgan fingerprint density at radius 2 is 1.64 bits per heavy atom. The fraction of sp³-hybridized carbons (Fsp3) is 0.111. The summed E-state index contributed by atoms with van der Waals surface area (Å²) in [5, 5.41) is 5.08. The lowest BCUT2D eigenvalue weighted by atomic mass is 10.1. The lowest BCUT2D eigenvalue weighted by Gasteiger charge is -2.17. The summed E-state index contributed by atoms with van der Waals surface area (Å²) in [6.45, 7) is 0.370. The number of benzene rings is 4. The summed E-state index contributed by atoms with van der Waals surface area (Å²) >= 11 is 3.40. The van der Waals surface area contributed by atoms with Crippen LogP contribution in [0.4, 0.5) is 11.4 Å². The number of fused-ring (bicyclic) bond motifs is 1. The molecule has 1 aliphatic rings. The average Bonchev–Trinajstić information content (AvgIpc) is 3.23. The number of ether oxygens (including phenoxy) is 1. The van der Waals surface area contributed by atoms with E-state index in [1.54, 1.807) is 4.90 Å². The van der Waals surface area contributed by atoms with E-state index in [0.717, 1.165) is 26.7 Å². The Kier molecular flexibility index (Phi) is 5.84. The molecule has 5 rings (SSSR count). The lowest BCUT2D eigenvalue weighted by molar-refractivity contribution is -0.122. The van der Waals surface area contributed by atoms with E-state index in [1.807, 2.05) is 91.0 Å². The topological polar surface area (TPSA) is 58.6 Å². The Labute approximate surface area is 200 Å². The van der Waals surface area contributed by atoms with Gasteiger partial charge >= 0.3 is 0 Å². The highest BCUT2D eigenvalue weighted by molar-refractivity contribution is 9.10. The second-order valence-corrected chi connectivity index (χ2v) is 8.89. The predicted molar refractivity (Wildman–Crippen MR) is 134 cm³/mol. The number of carbonyl (C=O) groups excluding carboxylic acids is 2. The van der Waals surface area contributed by atoms with E-state index in [4.69, 9.17) is 4.74 Å². The highest BCUT2D eigenvalue weighted by Gasteiger charge is 2.35. The minimum atomic E-state index is -0.396. The van der Waals surface area contributed by atoms with Crippen molar-refractivity contribution >= 4 is 49.9 Å². The second kappa shape index (κ2) is 9.08. The summed E-state index contributed by atoms with van der Waals surface area (Å²) in [6.07, 6.45) is 0.199. The normalized spacial score (nSPS) is 15.6. The maximum Gasteiger partial charge on any atom is 0.229 e. The number of hydrogen-bond acceptors (Lipinski definition) is 3. The van der Waals surface area contributed by atoms with Crippen molar-refractivity contribution in [3.8, 4) is 11.5 Å². The molecule has 0 radical (unpaired) electrons. The number of amides is 2. The fourth-order valence-corrected chi connectivity index (χ4v) is 4.28. The minimum absolute atomic E-state index is 0.0451. The second-order valence-electron chi connectivity index (χ2n) is 7.97. The Morgan fingerprint density at radius 3 is 2.42 bits per heavy atom. The lowest BCUT2D eigenvalue weighted by Crippen LogP contribution is -2.28. The first-order valence-corrected chi connectivity index (χ1v) is 11.5. The third-order valence-electron chi connectivity index (χ3n) is 5.73. The smallest absolute Gasteiger partial charge is 0.229 e. The first-order chi connectivity index (χ1) is 16.1. The minimum Gasteiger partial charge on any atom is -0.457 e. The van der Waals surface area contributed by atoms with Crippen molar-refractivity contribution in [1.82, 2.24) is 0 Å². The molecule has 1 atom stereocenters. The molecule has 0 bridgehead atoms. The molecule has 1 aliphatic heterocycles. The van der Waals surface area contributed by atoms with Crippen molar-refractivity contribution in [2.45, 2.75) is 6.42 Å². The molecule has 1 fully saturated rings. The van der Waals surface area contributed by atoms with Gasteiger partial charge in [0.25, 0.3) is 0 Å². The van der Waals surface area contributed by atoms with Gasteiger partial charge in [0.05, 0.1) is 5.92 Å². The molecular weight excluding hydrogens is 480 g/mol. The van der Waals surface area contributed by atoms with Gasteiger partial charge in [-0.1, -0.05) is 52.3 Å². The summed E-state index contributed by atoms with van der Waals surface area (Å²) < 4.78 is 7.01. The van der Waals surface area contributed by atoms with E-state index in [9.17, 15) is 9.59 Å². The Hall–Kier alpha value is -3.64. The van der Waals surface area contributed by atoms with Crippen LogP contribution in [0.5, 0.6) is 11.5 Å².